The van der Waals surface area contributed by atoms with E-state index in [1.54, 1.807) is 0 Å². The minimum atomic E-state index is -2.20. The Hall–Kier alpha value is -1.16. The number of carboxylic acid groups (broad SMARTS) is 2. The largest absolute Gasteiger partial charge is 0.520 e. The average molecular weight is 413 g/mol. The van der Waals surface area contributed by atoms with Crippen LogP contribution in [0.4, 0.5) is 0 Å². The third-order valence-corrected chi connectivity index (χ3v) is 11.9. The Bertz CT molecular complexity index is 708. The molecule has 5 atom stereocenters. The maximum Gasteiger partial charge on any atom is 0.310 e. The fourth-order valence-corrected chi connectivity index (χ4v) is 10.4. The quantitative estimate of drug-likeness (QED) is 0.666. The van der Waals surface area contributed by atoms with Crippen LogP contribution in [0.3, 0.4) is 0 Å². The second kappa shape index (κ2) is 5.69. The Morgan fingerprint density at radius 1 is 0.889 bits per heavy atom. The number of hydrogen-bond acceptors (Lipinski definition) is 4. The molecule has 0 aromatic heterocycles. The summed E-state index contributed by atoms with van der Waals surface area (Å²) in [6.45, 7) is 12.2. The molecule has 0 aromatic rings. The van der Waals surface area contributed by atoms with Crippen molar-refractivity contribution < 1.29 is 29.0 Å². The van der Waals surface area contributed by atoms with Gasteiger partial charge >= 0.3 is 11.9 Å². The standard InChI is InChI=1S/C19H32O6Si2/c1-26(2,3)19-9-12-7-17(11-19,15(21)22)10-18(8-12,16(23)24)13(19)14(20)25-27(4,5)6/h12-13H,7-11H2,1-6H3,(H,21,22)(H,23,24). The van der Waals surface area contributed by atoms with Crippen molar-refractivity contribution in [3.8, 4) is 0 Å². The van der Waals surface area contributed by atoms with Crippen molar-refractivity contribution in [1.29, 1.82) is 0 Å². The second-order valence-corrected chi connectivity index (χ2v) is 21.2. The van der Waals surface area contributed by atoms with Gasteiger partial charge < -0.3 is 14.6 Å². The summed E-state index contributed by atoms with van der Waals surface area (Å²) in [6, 6.07) is 0. The van der Waals surface area contributed by atoms with Crippen LogP contribution in [0.5, 0.6) is 0 Å². The number of aliphatic carboxylic acids is 2. The third kappa shape index (κ3) is 2.82. The molecule has 0 aromatic carbocycles. The molecular weight excluding hydrogens is 380 g/mol. The van der Waals surface area contributed by atoms with Gasteiger partial charge in [0.15, 0.2) is 0 Å². The van der Waals surface area contributed by atoms with Crippen LogP contribution >= 0.6 is 0 Å². The SMILES string of the molecule is C[Si](C)(C)OC(=O)C1C2(C(=O)O)CC3CC(C(=O)O)(C2)CC1([Si](C)(C)C)C3. The summed E-state index contributed by atoms with van der Waals surface area (Å²) in [6.07, 6.45) is 2.17. The van der Waals surface area contributed by atoms with Gasteiger partial charge in [0.05, 0.1) is 24.8 Å². The summed E-state index contributed by atoms with van der Waals surface area (Å²) >= 11 is 0. The predicted octanol–water partition coefficient (Wildman–Crippen LogP) is 3.81. The van der Waals surface area contributed by atoms with Gasteiger partial charge in [-0.15, -0.1) is 0 Å². The molecule has 0 radical (unpaired) electrons. The maximum atomic E-state index is 13.4. The molecule has 6 nitrogen and oxygen atoms in total. The summed E-state index contributed by atoms with van der Waals surface area (Å²) in [5.41, 5.74) is -2.33. The zero-order chi connectivity index (χ0) is 20.6. The molecule has 0 amide bonds. The highest BCUT2D eigenvalue weighted by Gasteiger charge is 2.77. The van der Waals surface area contributed by atoms with E-state index in [1.165, 1.54) is 0 Å². The van der Waals surface area contributed by atoms with Gasteiger partial charge in [0.1, 0.15) is 0 Å². The zero-order valence-electron chi connectivity index (χ0n) is 17.2. The van der Waals surface area contributed by atoms with Crippen LogP contribution in [0, 0.1) is 22.7 Å². The highest BCUT2D eigenvalue weighted by molar-refractivity contribution is 6.79. The van der Waals surface area contributed by atoms with Gasteiger partial charge in [-0.25, -0.2) is 0 Å². The minimum Gasteiger partial charge on any atom is -0.520 e. The van der Waals surface area contributed by atoms with Crippen molar-refractivity contribution in [3.05, 3.63) is 0 Å². The average Bonchev–Trinajstić information content (AvgIpc) is 2.42. The van der Waals surface area contributed by atoms with Crippen LogP contribution in [0.1, 0.15) is 32.1 Å². The number of hydrogen-bond donors (Lipinski definition) is 2. The van der Waals surface area contributed by atoms with E-state index < -0.39 is 56.1 Å². The minimum absolute atomic E-state index is 0.0544. The van der Waals surface area contributed by atoms with E-state index in [-0.39, 0.29) is 12.3 Å². The van der Waals surface area contributed by atoms with E-state index in [0.717, 1.165) is 6.42 Å². The predicted molar refractivity (Wildman–Crippen MR) is 106 cm³/mol. The summed E-state index contributed by atoms with van der Waals surface area (Å²) < 4.78 is 5.86. The van der Waals surface area contributed by atoms with Crippen LogP contribution in [-0.2, 0) is 18.8 Å². The molecule has 4 fully saturated rings. The topological polar surface area (TPSA) is 101 Å². The molecule has 2 N–H and O–H groups in total. The Morgan fingerprint density at radius 2 is 1.48 bits per heavy atom. The molecule has 4 aliphatic carbocycles. The summed E-state index contributed by atoms with van der Waals surface area (Å²) in [7, 11) is -4.31. The smallest absolute Gasteiger partial charge is 0.310 e. The third-order valence-electron chi connectivity index (χ3n) is 7.41. The molecule has 0 aliphatic heterocycles. The van der Waals surface area contributed by atoms with E-state index in [9.17, 15) is 24.6 Å². The van der Waals surface area contributed by atoms with Gasteiger partial charge in [0.2, 0.25) is 8.32 Å². The summed E-state index contributed by atoms with van der Waals surface area (Å²) in [5, 5.41) is 19.8. The molecule has 4 rings (SSSR count). The first kappa shape index (κ1) is 20.6. The fraction of sp³-hybridized carbons (Fsp3) is 0.842. The lowest BCUT2D eigenvalue weighted by Gasteiger charge is -2.70. The van der Waals surface area contributed by atoms with Gasteiger partial charge in [0, 0.05) is 0 Å². The van der Waals surface area contributed by atoms with E-state index in [2.05, 4.69) is 19.6 Å². The Labute approximate surface area is 162 Å². The molecule has 4 bridgehead atoms. The van der Waals surface area contributed by atoms with Crippen LogP contribution in [-0.4, -0.2) is 44.5 Å². The van der Waals surface area contributed by atoms with Gasteiger partial charge in [-0.3, -0.25) is 14.4 Å². The molecular formula is C19H32O6Si2. The molecule has 8 heteroatoms. The zero-order valence-corrected chi connectivity index (χ0v) is 19.2. The monoisotopic (exact) mass is 412 g/mol. The molecule has 0 saturated heterocycles. The number of carbonyl (C=O) groups excluding carboxylic acids is 1. The summed E-state index contributed by atoms with van der Waals surface area (Å²) in [5.74, 6) is -2.97. The molecule has 152 valence electrons. The van der Waals surface area contributed by atoms with E-state index in [4.69, 9.17) is 4.43 Å². The number of carbonyl (C=O) groups is 3. The first-order chi connectivity index (χ1) is 12.1. The first-order valence-electron chi connectivity index (χ1n) is 9.78. The fourth-order valence-electron chi connectivity index (χ4n) is 6.67. The van der Waals surface area contributed by atoms with Crippen molar-refractivity contribution >= 4 is 34.3 Å². The lowest BCUT2D eigenvalue weighted by atomic mass is 9.40. The summed E-state index contributed by atoms with van der Waals surface area (Å²) in [4.78, 5) is 38.3. The molecule has 5 unspecified atom stereocenters. The Balaban J connectivity index is 2.23. The molecule has 4 aliphatic rings. The van der Waals surface area contributed by atoms with E-state index >= 15 is 0 Å². The van der Waals surface area contributed by atoms with Gasteiger partial charge in [-0.05, 0) is 62.7 Å². The van der Waals surface area contributed by atoms with E-state index in [1.807, 2.05) is 19.6 Å². The molecule has 4 saturated carbocycles. The lowest BCUT2D eigenvalue weighted by Crippen LogP contribution is -2.70. The molecule has 0 spiro atoms. The van der Waals surface area contributed by atoms with Crippen molar-refractivity contribution in [1.82, 2.24) is 0 Å². The normalized spacial score (nSPS) is 40.7. The highest BCUT2D eigenvalue weighted by Crippen LogP contribution is 2.78. The Kier molecular flexibility index (Phi) is 4.33. The second-order valence-electron chi connectivity index (χ2n) is 11.3. The van der Waals surface area contributed by atoms with Crippen molar-refractivity contribution in [2.24, 2.45) is 22.7 Å². The number of rotatable bonds is 5. The van der Waals surface area contributed by atoms with Crippen LogP contribution in [0.25, 0.3) is 0 Å². The van der Waals surface area contributed by atoms with Crippen molar-refractivity contribution in [2.45, 2.75) is 76.4 Å². The van der Waals surface area contributed by atoms with Crippen LogP contribution < -0.4 is 0 Å². The number of carboxylic acids is 2. The Morgan fingerprint density at radius 3 is 1.93 bits per heavy atom. The van der Waals surface area contributed by atoms with Gasteiger partial charge in [0.25, 0.3) is 5.97 Å². The van der Waals surface area contributed by atoms with Crippen molar-refractivity contribution in [3.63, 3.8) is 0 Å². The lowest BCUT2D eigenvalue weighted by molar-refractivity contribution is -0.206. The first-order valence-corrected chi connectivity index (χ1v) is 16.7. The molecule has 0 heterocycles. The highest BCUT2D eigenvalue weighted by atomic mass is 28.4. The van der Waals surface area contributed by atoms with Crippen LogP contribution in [0.15, 0.2) is 0 Å². The maximum absolute atomic E-state index is 13.4. The molecule has 27 heavy (non-hydrogen) atoms. The van der Waals surface area contributed by atoms with Crippen LogP contribution in [0.2, 0.25) is 44.3 Å². The van der Waals surface area contributed by atoms with E-state index in [0.29, 0.717) is 19.3 Å². The van der Waals surface area contributed by atoms with Crippen molar-refractivity contribution in [2.75, 3.05) is 0 Å². The van der Waals surface area contributed by atoms with Gasteiger partial charge in [-0.2, -0.15) is 0 Å². The van der Waals surface area contributed by atoms with Gasteiger partial charge in [-0.1, -0.05) is 19.6 Å².